The number of hydrogen-bond donors (Lipinski definition) is 1. The quantitative estimate of drug-likeness (QED) is 0.925. The summed E-state index contributed by atoms with van der Waals surface area (Å²) in [6.07, 6.45) is 3.21. The lowest BCUT2D eigenvalue weighted by Crippen LogP contribution is -2.11. The molecule has 0 saturated heterocycles. The van der Waals surface area contributed by atoms with Crippen LogP contribution < -0.4 is 10.1 Å². The summed E-state index contributed by atoms with van der Waals surface area (Å²) in [6, 6.07) is 8.37. The second kappa shape index (κ2) is 5.51. The van der Waals surface area contributed by atoms with E-state index in [-0.39, 0.29) is 5.91 Å². The number of aromatic nitrogens is 1. The minimum atomic E-state index is -0.243. The molecule has 18 heavy (non-hydrogen) atoms. The molecule has 1 amide bonds. The van der Waals surface area contributed by atoms with E-state index >= 15 is 0 Å². The third-order valence-electron chi connectivity index (χ3n) is 2.33. The molecule has 2 rings (SSSR count). The molecule has 0 saturated carbocycles. The monoisotopic (exact) mass is 262 g/mol. The van der Waals surface area contributed by atoms with Gasteiger partial charge in [-0.05, 0) is 30.3 Å². The molecule has 0 aliphatic heterocycles. The summed E-state index contributed by atoms with van der Waals surface area (Å²) in [6.45, 7) is 0. The lowest BCUT2D eigenvalue weighted by Gasteiger charge is -2.07. The Kier molecular flexibility index (Phi) is 3.79. The second-order valence-corrected chi connectivity index (χ2v) is 3.95. The van der Waals surface area contributed by atoms with Crippen molar-refractivity contribution >= 4 is 23.2 Å². The van der Waals surface area contributed by atoms with Gasteiger partial charge in [-0.15, -0.1) is 0 Å². The predicted octanol–water partition coefficient (Wildman–Crippen LogP) is 3.00. The van der Waals surface area contributed by atoms with Gasteiger partial charge in [-0.3, -0.25) is 9.78 Å². The molecular formula is C13H11ClN2O2. The van der Waals surface area contributed by atoms with Crippen molar-refractivity contribution in [2.75, 3.05) is 12.4 Å². The molecule has 0 aliphatic rings. The number of nitrogens with one attached hydrogen (secondary N) is 1. The highest BCUT2D eigenvalue weighted by Gasteiger charge is 2.09. The molecule has 0 atom stereocenters. The van der Waals surface area contributed by atoms with Crippen LogP contribution in [0.5, 0.6) is 5.75 Å². The number of hydrogen-bond acceptors (Lipinski definition) is 3. The fourth-order valence-corrected chi connectivity index (χ4v) is 1.71. The van der Waals surface area contributed by atoms with E-state index < -0.39 is 0 Å². The summed E-state index contributed by atoms with van der Waals surface area (Å²) in [7, 11) is 1.52. The Hall–Kier alpha value is -2.07. The van der Waals surface area contributed by atoms with Crippen molar-refractivity contribution in [3.05, 3.63) is 53.3 Å². The van der Waals surface area contributed by atoms with E-state index in [0.29, 0.717) is 22.0 Å². The van der Waals surface area contributed by atoms with Gasteiger partial charge in [0.2, 0.25) is 0 Å². The minimum Gasteiger partial charge on any atom is -0.495 e. The third-order valence-corrected chi connectivity index (χ3v) is 2.63. The first kappa shape index (κ1) is 12.4. The van der Waals surface area contributed by atoms with Gasteiger partial charge in [0.15, 0.2) is 0 Å². The van der Waals surface area contributed by atoms with Crippen LogP contribution >= 0.6 is 11.6 Å². The fourth-order valence-electron chi connectivity index (χ4n) is 1.45. The number of rotatable bonds is 3. The molecule has 0 aliphatic carbocycles. The maximum atomic E-state index is 11.9. The van der Waals surface area contributed by atoms with Gasteiger partial charge in [0.25, 0.3) is 5.91 Å². The average Bonchev–Trinajstić information content (AvgIpc) is 2.39. The number of benzene rings is 1. The molecule has 0 radical (unpaired) electrons. The highest BCUT2D eigenvalue weighted by molar-refractivity contribution is 6.32. The number of anilines is 1. The van der Waals surface area contributed by atoms with Crippen molar-refractivity contribution in [2.45, 2.75) is 0 Å². The average molecular weight is 263 g/mol. The standard InChI is InChI=1S/C13H11ClN2O2/c1-18-12-5-4-9(7-11(12)14)13(17)16-10-3-2-6-15-8-10/h2-8H,1H3,(H,16,17). The van der Waals surface area contributed by atoms with Crippen molar-refractivity contribution in [3.63, 3.8) is 0 Å². The Labute approximate surface area is 110 Å². The van der Waals surface area contributed by atoms with Crippen molar-refractivity contribution < 1.29 is 9.53 Å². The van der Waals surface area contributed by atoms with Crippen LogP contribution in [-0.4, -0.2) is 18.0 Å². The molecular weight excluding hydrogens is 252 g/mol. The zero-order valence-corrected chi connectivity index (χ0v) is 10.4. The number of amides is 1. The van der Waals surface area contributed by atoms with Crippen LogP contribution in [-0.2, 0) is 0 Å². The Morgan fingerprint density at radius 2 is 2.22 bits per heavy atom. The van der Waals surface area contributed by atoms with E-state index in [9.17, 15) is 4.79 Å². The highest BCUT2D eigenvalue weighted by Crippen LogP contribution is 2.25. The van der Waals surface area contributed by atoms with Gasteiger partial charge in [-0.2, -0.15) is 0 Å². The molecule has 2 aromatic rings. The van der Waals surface area contributed by atoms with Crippen LogP contribution in [0.3, 0.4) is 0 Å². The summed E-state index contributed by atoms with van der Waals surface area (Å²) in [5, 5.41) is 3.12. The van der Waals surface area contributed by atoms with E-state index in [1.54, 1.807) is 42.7 Å². The van der Waals surface area contributed by atoms with Crippen molar-refractivity contribution in [2.24, 2.45) is 0 Å². The van der Waals surface area contributed by atoms with Crippen LogP contribution in [0.4, 0.5) is 5.69 Å². The van der Waals surface area contributed by atoms with Crippen LogP contribution in [0.15, 0.2) is 42.7 Å². The van der Waals surface area contributed by atoms with E-state index in [4.69, 9.17) is 16.3 Å². The summed E-state index contributed by atoms with van der Waals surface area (Å²) < 4.78 is 5.02. The fraction of sp³-hybridized carbons (Fsp3) is 0.0769. The lowest BCUT2D eigenvalue weighted by atomic mass is 10.2. The van der Waals surface area contributed by atoms with Gasteiger partial charge in [-0.25, -0.2) is 0 Å². The highest BCUT2D eigenvalue weighted by atomic mass is 35.5. The molecule has 1 aromatic carbocycles. The van der Waals surface area contributed by atoms with Crippen LogP contribution in [0, 0.1) is 0 Å². The van der Waals surface area contributed by atoms with Crippen LogP contribution in [0.25, 0.3) is 0 Å². The molecule has 1 aromatic heterocycles. The van der Waals surface area contributed by atoms with E-state index in [1.165, 1.54) is 7.11 Å². The normalized spacial score (nSPS) is 9.89. The van der Waals surface area contributed by atoms with Gasteiger partial charge in [0.05, 0.1) is 24.0 Å². The van der Waals surface area contributed by atoms with E-state index in [2.05, 4.69) is 10.3 Å². The first-order valence-corrected chi connectivity index (χ1v) is 5.63. The number of ether oxygens (including phenoxy) is 1. The Bertz CT molecular complexity index is 558. The van der Waals surface area contributed by atoms with Crippen molar-refractivity contribution in [1.29, 1.82) is 0 Å². The first-order chi connectivity index (χ1) is 8.70. The Morgan fingerprint density at radius 1 is 1.39 bits per heavy atom. The molecule has 0 unspecified atom stereocenters. The van der Waals surface area contributed by atoms with E-state index in [0.717, 1.165) is 0 Å². The predicted molar refractivity (Wildman–Crippen MR) is 70.2 cm³/mol. The molecule has 0 bridgehead atoms. The number of methoxy groups -OCH3 is 1. The smallest absolute Gasteiger partial charge is 0.255 e. The maximum Gasteiger partial charge on any atom is 0.255 e. The van der Waals surface area contributed by atoms with Gasteiger partial charge in [0, 0.05) is 11.8 Å². The zero-order chi connectivity index (χ0) is 13.0. The molecule has 4 nitrogen and oxygen atoms in total. The molecule has 0 fully saturated rings. The van der Waals surface area contributed by atoms with Crippen LogP contribution in [0.1, 0.15) is 10.4 Å². The largest absolute Gasteiger partial charge is 0.495 e. The van der Waals surface area contributed by atoms with E-state index in [1.807, 2.05) is 0 Å². The molecule has 1 N–H and O–H groups in total. The Balaban J connectivity index is 2.17. The van der Waals surface area contributed by atoms with Gasteiger partial charge < -0.3 is 10.1 Å². The lowest BCUT2D eigenvalue weighted by molar-refractivity contribution is 0.102. The molecule has 92 valence electrons. The molecule has 1 heterocycles. The summed E-state index contributed by atoms with van der Waals surface area (Å²) in [5.41, 5.74) is 1.10. The first-order valence-electron chi connectivity index (χ1n) is 5.25. The SMILES string of the molecule is COc1ccc(C(=O)Nc2cccnc2)cc1Cl. The maximum absolute atomic E-state index is 11.9. The molecule has 5 heteroatoms. The van der Waals surface area contributed by atoms with Gasteiger partial charge >= 0.3 is 0 Å². The topological polar surface area (TPSA) is 51.2 Å². The number of halogens is 1. The number of carbonyl (C=O) groups is 1. The summed E-state index contributed by atoms with van der Waals surface area (Å²) >= 11 is 5.96. The van der Waals surface area contributed by atoms with Gasteiger partial charge in [-0.1, -0.05) is 11.6 Å². The zero-order valence-electron chi connectivity index (χ0n) is 9.68. The summed E-state index contributed by atoms with van der Waals surface area (Å²) in [4.78, 5) is 15.8. The second-order valence-electron chi connectivity index (χ2n) is 3.55. The number of carbonyl (C=O) groups excluding carboxylic acids is 1. The minimum absolute atomic E-state index is 0.243. The molecule has 0 spiro atoms. The Morgan fingerprint density at radius 3 is 2.83 bits per heavy atom. The summed E-state index contributed by atoms with van der Waals surface area (Å²) in [5.74, 6) is 0.294. The van der Waals surface area contributed by atoms with Crippen LogP contribution in [0.2, 0.25) is 5.02 Å². The number of nitrogens with zero attached hydrogens (tertiary/aromatic N) is 1. The van der Waals surface area contributed by atoms with Gasteiger partial charge in [0.1, 0.15) is 5.75 Å². The number of pyridine rings is 1. The third kappa shape index (κ3) is 2.78. The van der Waals surface area contributed by atoms with Crippen molar-refractivity contribution in [3.8, 4) is 5.75 Å². The van der Waals surface area contributed by atoms with Crippen molar-refractivity contribution in [1.82, 2.24) is 4.98 Å².